The topological polar surface area (TPSA) is 63.3 Å². The largest absolute Gasteiger partial charge is 0.481 e. The van der Waals surface area contributed by atoms with Crippen molar-refractivity contribution in [3.8, 4) is 0 Å². The van der Waals surface area contributed by atoms with Crippen LogP contribution in [0.5, 0.6) is 0 Å². The molecule has 4 heteroatoms. The first kappa shape index (κ1) is 11.9. The number of nitrogens with two attached hydrogens (primary N) is 1. The molecule has 0 saturated heterocycles. The van der Waals surface area contributed by atoms with Gasteiger partial charge in [0.15, 0.2) is 0 Å². The summed E-state index contributed by atoms with van der Waals surface area (Å²) in [5.74, 6) is -0.714. The summed E-state index contributed by atoms with van der Waals surface area (Å²) in [6, 6.07) is 7.17. The molecule has 0 bridgehead atoms. The van der Waals surface area contributed by atoms with Gasteiger partial charge in [-0.15, -0.1) is 12.4 Å². The van der Waals surface area contributed by atoms with Crippen LogP contribution in [0, 0.1) is 0 Å². The van der Waals surface area contributed by atoms with Gasteiger partial charge in [-0.1, -0.05) is 18.6 Å². The van der Waals surface area contributed by atoms with E-state index < -0.39 is 11.4 Å². The number of carbonyl (C=O) groups is 1. The number of anilines is 1. The zero-order chi connectivity index (χ0) is 10.2. The zero-order valence-corrected chi connectivity index (χ0v) is 9.09. The quantitative estimate of drug-likeness (QED) is 0.762. The monoisotopic (exact) mass is 227 g/mol. The Morgan fingerprint density at radius 2 is 1.80 bits per heavy atom. The van der Waals surface area contributed by atoms with Gasteiger partial charge in [0.25, 0.3) is 0 Å². The standard InChI is InChI=1S/C11H13NO2.ClH/c12-9-4-2-8(3-5-9)11(10(13)14)6-1-7-11;/h2-5H,1,6-7,12H2,(H,13,14);1H. The Balaban J connectivity index is 0.00000112. The Bertz CT molecular complexity index is 357. The summed E-state index contributed by atoms with van der Waals surface area (Å²) in [5, 5.41) is 9.18. The second-order valence-corrected chi connectivity index (χ2v) is 3.86. The second-order valence-electron chi connectivity index (χ2n) is 3.86. The average molecular weight is 228 g/mol. The molecule has 15 heavy (non-hydrogen) atoms. The normalized spacial score (nSPS) is 17.3. The highest BCUT2D eigenvalue weighted by atomic mass is 35.5. The van der Waals surface area contributed by atoms with E-state index in [1.54, 1.807) is 12.1 Å². The van der Waals surface area contributed by atoms with Crippen LogP contribution >= 0.6 is 12.4 Å². The lowest BCUT2D eigenvalue weighted by atomic mass is 9.64. The third kappa shape index (κ3) is 1.79. The van der Waals surface area contributed by atoms with Gasteiger partial charge in [0, 0.05) is 5.69 Å². The average Bonchev–Trinajstić information content (AvgIpc) is 2.05. The van der Waals surface area contributed by atoms with Crippen molar-refractivity contribution in [2.45, 2.75) is 24.7 Å². The van der Waals surface area contributed by atoms with E-state index in [0.29, 0.717) is 5.69 Å². The number of carboxylic acids is 1. The molecule has 0 amide bonds. The van der Waals surface area contributed by atoms with Crippen molar-refractivity contribution in [1.82, 2.24) is 0 Å². The fourth-order valence-corrected chi connectivity index (χ4v) is 1.96. The molecule has 1 fully saturated rings. The summed E-state index contributed by atoms with van der Waals surface area (Å²) in [4.78, 5) is 11.2. The molecule has 0 unspecified atom stereocenters. The molecule has 0 aliphatic heterocycles. The third-order valence-electron chi connectivity index (χ3n) is 3.08. The van der Waals surface area contributed by atoms with Gasteiger partial charge in [0.2, 0.25) is 0 Å². The predicted octanol–water partition coefficient (Wildman–Crippen LogP) is 2.20. The molecule has 0 atom stereocenters. The minimum absolute atomic E-state index is 0. The Hall–Kier alpha value is -1.22. The molecular formula is C11H14ClNO2. The maximum Gasteiger partial charge on any atom is 0.314 e. The lowest BCUT2D eigenvalue weighted by Gasteiger charge is -2.38. The molecule has 3 nitrogen and oxygen atoms in total. The van der Waals surface area contributed by atoms with Crippen molar-refractivity contribution < 1.29 is 9.90 Å². The van der Waals surface area contributed by atoms with Crippen LogP contribution in [-0.2, 0) is 10.2 Å². The molecule has 1 saturated carbocycles. The number of benzene rings is 1. The van der Waals surface area contributed by atoms with Gasteiger partial charge in [0.1, 0.15) is 0 Å². The summed E-state index contributed by atoms with van der Waals surface area (Å²) in [6.07, 6.45) is 2.48. The van der Waals surface area contributed by atoms with Gasteiger partial charge in [0.05, 0.1) is 5.41 Å². The van der Waals surface area contributed by atoms with Crippen LogP contribution in [0.25, 0.3) is 0 Å². The lowest BCUT2D eigenvalue weighted by Crippen LogP contribution is -2.42. The van der Waals surface area contributed by atoms with Gasteiger partial charge in [-0.2, -0.15) is 0 Å². The summed E-state index contributed by atoms with van der Waals surface area (Å²) in [5.41, 5.74) is 6.48. The van der Waals surface area contributed by atoms with E-state index in [1.165, 1.54) is 0 Å². The minimum Gasteiger partial charge on any atom is -0.481 e. The van der Waals surface area contributed by atoms with Crippen LogP contribution in [0.2, 0.25) is 0 Å². The number of halogens is 1. The fourth-order valence-electron chi connectivity index (χ4n) is 1.96. The van der Waals surface area contributed by atoms with Crippen molar-refractivity contribution >= 4 is 24.1 Å². The van der Waals surface area contributed by atoms with Crippen LogP contribution in [-0.4, -0.2) is 11.1 Å². The van der Waals surface area contributed by atoms with Crippen LogP contribution in [0.15, 0.2) is 24.3 Å². The summed E-state index contributed by atoms with van der Waals surface area (Å²) in [7, 11) is 0. The van der Waals surface area contributed by atoms with Gasteiger partial charge >= 0.3 is 5.97 Å². The minimum atomic E-state index is -0.714. The molecular weight excluding hydrogens is 214 g/mol. The van der Waals surface area contributed by atoms with Gasteiger partial charge in [-0.3, -0.25) is 4.79 Å². The summed E-state index contributed by atoms with van der Waals surface area (Å²) >= 11 is 0. The van der Waals surface area contributed by atoms with E-state index in [4.69, 9.17) is 5.73 Å². The van der Waals surface area contributed by atoms with Crippen molar-refractivity contribution in [2.75, 3.05) is 5.73 Å². The van der Waals surface area contributed by atoms with Gasteiger partial charge in [-0.25, -0.2) is 0 Å². The molecule has 0 radical (unpaired) electrons. The highest BCUT2D eigenvalue weighted by Crippen LogP contribution is 2.43. The first-order valence-corrected chi connectivity index (χ1v) is 4.74. The molecule has 0 spiro atoms. The smallest absolute Gasteiger partial charge is 0.314 e. The van der Waals surface area contributed by atoms with E-state index >= 15 is 0 Å². The summed E-state index contributed by atoms with van der Waals surface area (Å²) in [6.45, 7) is 0. The van der Waals surface area contributed by atoms with Crippen LogP contribution in [0.4, 0.5) is 5.69 Å². The van der Waals surface area contributed by atoms with Crippen LogP contribution < -0.4 is 5.73 Å². The Morgan fingerprint density at radius 1 is 1.27 bits per heavy atom. The van der Waals surface area contributed by atoms with Crippen molar-refractivity contribution in [1.29, 1.82) is 0 Å². The number of rotatable bonds is 2. The van der Waals surface area contributed by atoms with Crippen molar-refractivity contribution in [2.24, 2.45) is 0 Å². The fraction of sp³-hybridized carbons (Fsp3) is 0.364. The van der Waals surface area contributed by atoms with E-state index in [9.17, 15) is 9.90 Å². The number of nitrogen functional groups attached to an aromatic ring is 1. The first-order valence-electron chi connectivity index (χ1n) is 4.74. The van der Waals surface area contributed by atoms with Crippen molar-refractivity contribution in [3.05, 3.63) is 29.8 Å². The van der Waals surface area contributed by atoms with Crippen molar-refractivity contribution in [3.63, 3.8) is 0 Å². The number of hydrogen-bond acceptors (Lipinski definition) is 2. The summed E-state index contributed by atoms with van der Waals surface area (Å²) < 4.78 is 0. The van der Waals surface area contributed by atoms with E-state index in [2.05, 4.69) is 0 Å². The van der Waals surface area contributed by atoms with Crippen LogP contribution in [0.3, 0.4) is 0 Å². The van der Waals surface area contributed by atoms with E-state index in [-0.39, 0.29) is 12.4 Å². The molecule has 1 aromatic rings. The second kappa shape index (κ2) is 4.11. The molecule has 82 valence electrons. The predicted molar refractivity (Wildman–Crippen MR) is 61.3 cm³/mol. The number of hydrogen-bond donors (Lipinski definition) is 2. The molecule has 1 aliphatic carbocycles. The SMILES string of the molecule is Cl.Nc1ccc(C2(C(=O)O)CCC2)cc1. The maximum absolute atomic E-state index is 11.2. The Labute approximate surface area is 94.7 Å². The maximum atomic E-state index is 11.2. The first-order chi connectivity index (χ1) is 6.65. The number of aliphatic carboxylic acids is 1. The molecule has 2 rings (SSSR count). The highest BCUT2D eigenvalue weighted by Gasteiger charge is 2.45. The molecule has 0 heterocycles. The highest BCUT2D eigenvalue weighted by molar-refractivity contribution is 5.85. The van der Waals surface area contributed by atoms with E-state index in [0.717, 1.165) is 24.8 Å². The molecule has 0 aromatic heterocycles. The van der Waals surface area contributed by atoms with Crippen LogP contribution in [0.1, 0.15) is 24.8 Å². The van der Waals surface area contributed by atoms with Gasteiger partial charge in [-0.05, 0) is 30.5 Å². The number of carboxylic acid groups (broad SMARTS) is 1. The molecule has 1 aromatic carbocycles. The van der Waals surface area contributed by atoms with Gasteiger partial charge < -0.3 is 10.8 Å². The van der Waals surface area contributed by atoms with E-state index in [1.807, 2.05) is 12.1 Å². The Kier molecular flexibility index (Phi) is 3.25. The third-order valence-corrected chi connectivity index (χ3v) is 3.08. The zero-order valence-electron chi connectivity index (χ0n) is 8.27. The lowest BCUT2D eigenvalue weighted by molar-refractivity contribution is -0.147. The molecule has 1 aliphatic rings. The Morgan fingerprint density at radius 3 is 2.13 bits per heavy atom. The molecule has 3 N–H and O–H groups in total.